The molecule has 1 aliphatic rings. The number of ether oxygens (including phenoxy) is 1. The van der Waals surface area contributed by atoms with E-state index in [2.05, 4.69) is 19.7 Å². The van der Waals surface area contributed by atoms with E-state index in [9.17, 15) is 0 Å². The molecule has 3 heterocycles. The number of methoxy groups -OCH3 is 1. The molecule has 0 aliphatic carbocycles. The van der Waals surface area contributed by atoms with E-state index in [1.807, 2.05) is 43.3 Å². The molecule has 0 saturated carbocycles. The Balaban J connectivity index is 1.52. The lowest BCUT2D eigenvalue weighted by atomic mass is 9.97. The predicted molar refractivity (Wildman–Crippen MR) is 115 cm³/mol. The molecule has 8 heteroatoms. The number of nitrogens with zero attached hydrogens (tertiary/aromatic N) is 4. The smallest absolute Gasteiger partial charge is 0.191 e. The number of hydrogen-bond donors (Lipinski definition) is 0. The maximum absolute atomic E-state index is 6.22. The van der Waals surface area contributed by atoms with Crippen molar-refractivity contribution in [1.82, 2.24) is 19.7 Å². The van der Waals surface area contributed by atoms with Gasteiger partial charge >= 0.3 is 0 Å². The summed E-state index contributed by atoms with van der Waals surface area (Å²) in [5.74, 6) is 3.85. The van der Waals surface area contributed by atoms with Gasteiger partial charge in [-0.3, -0.25) is 0 Å². The van der Waals surface area contributed by atoms with E-state index in [1.165, 1.54) is 0 Å². The van der Waals surface area contributed by atoms with Crippen molar-refractivity contribution < 1.29 is 9.15 Å². The summed E-state index contributed by atoms with van der Waals surface area (Å²) in [5, 5.41) is 10.1. The van der Waals surface area contributed by atoms with Crippen LogP contribution in [0.1, 0.15) is 29.6 Å². The van der Waals surface area contributed by atoms with Gasteiger partial charge in [-0.15, -0.1) is 10.2 Å². The predicted octanol–water partition coefficient (Wildman–Crippen LogP) is 5.76. The monoisotopic (exact) mass is 440 g/mol. The Morgan fingerprint density at radius 3 is 2.70 bits per heavy atom. The number of aromatic nitrogens is 4. The Hall–Kier alpha value is -2.83. The van der Waals surface area contributed by atoms with Crippen LogP contribution in [0.3, 0.4) is 0 Å². The van der Waals surface area contributed by atoms with Crippen LogP contribution in [0.25, 0.3) is 22.7 Å². The fourth-order valence-corrected chi connectivity index (χ4v) is 4.27. The Kier molecular flexibility index (Phi) is 4.76. The lowest BCUT2D eigenvalue weighted by molar-refractivity contribution is 0.414. The number of halogens is 2. The number of fused-ring (bicyclic) bond motifs is 1. The van der Waals surface area contributed by atoms with Crippen molar-refractivity contribution in [3.63, 3.8) is 0 Å². The number of benzene rings is 2. The van der Waals surface area contributed by atoms with Crippen molar-refractivity contribution in [3.05, 3.63) is 69.9 Å². The van der Waals surface area contributed by atoms with E-state index in [-0.39, 0.29) is 5.92 Å². The molecule has 6 nitrogen and oxygen atoms in total. The van der Waals surface area contributed by atoms with Gasteiger partial charge in [0.05, 0.1) is 28.9 Å². The third-order valence-electron chi connectivity index (χ3n) is 5.42. The number of aryl methyl sites for hydroxylation is 1. The van der Waals surface area contributed by atoms with Gasteiger partial charge in [0.1, 0.15) is 11.6 Å². The van der Waals surface area contributed by atoms with E-state index in [0.717, 1.165) is 41.3 Å². The van der Waals surface area contributed by atoms with Crippen molar-refractivity contribution in [3.8, 4) is 28.5 Å². The van der Waals surface area contributed by atoms with Crippen LogP contribution in [-0.4, -0.2) is 26.9 Å². The molecule has 0 saturated heterocycles. The molecule has 0 spiro atoms. The molecule has 1 unspecified atom stereocenters. The van der Waals surface area contributed by atoms with Gasteiger partial charge in [-0.05, 0) is 36.2 Å². The van der Waals surface area contributed by atoms with E-state index in [4.69, 9.17) is 32.4 Å². The van der Waals surface area contributed by atoms with Crippen LogP contribution in [0.15, 0.2) is 47.0 Å². The third kappa shape index (κ3) is 3.16. The first-order valence-corrected chi connectivity index (χ1v) is 10.3. The Morgan fingerprint density at radius 1 is 1.10 bits per heavy atom. The van der Waals surface area contributed by atoms with Crippen LogP contribution in [0, 0.1) is 6.92 Å². The summed E-state index contributed by atoms with van der Waals surface area (Å²) < 4.78 is 13.4. The first kappa shape index (κ1) is 19.2. The number of hydrogen-bond acceptors (Lipinski definition) is 5. The zero-order valence-corrected chi connectivity index (χ0v) is 17.9. The van der Waals surface area contributed by atoms with Gasteiger partial charge in [0, 0.05) is 24.9 Å². The molecular formula is C22H18Cl2N4O2. The summed E-state index contributed by atoms with van der Waals surface area (Å²) in [6, 6.07) is 11.7. The molecule has 152 valence electrons. The van der Waals surface area contributed by atoms with Crippen LogP contribution in [0.2, 0.25) is 10.0 Å². The second-order valence-electron chi connectivity index (χ2n) is 7.21. The molecule has 0 fully saturated rings. The summed E-state index contributed by atoms with van der Waals surface area (Å²) in [7, 11) is 1.64. The fraction of sp³-hybridized carbons (Fsp3) is 0.227. The quantitative estimate of drug-likeness (QED) is 0.403. The average Bonchev–Trinajstić information content (AvgIpc) is 3.46. The van der Waals surface area contributed by atoms with Crippen molar-refractivity contribution in [1.29, 1.82) is 0 Å². The summed E-state index contributed by atoms with van der Waals surface area (Å²) >= 11 is 12.3. The molecule has 1 aliphatic heterocycles. The van der Waals surface area contributed by atoms with Gasteiger partial charge in [0.2, 0.25) is 0 Å². The van der Waals surface area contributed by atoms with Gasteiger partial charge in [-0.25, -0.2) is 4.98 Å². The maximum Gasteiger partial charge on any atom is 0.191 e. The van der Waals surface area contributed by atoms with Gasteiger partial charge < -0.3 is 13.7 Å². The molecule has 4 aromatic rings. The zero-order chi connectivity index (χ0) is 20.8. The molecule has 0 radical (unpaired) electrons. The van der Waals surface area contributed by atoms with Crippen molar-refractivity contribution >= 4 is 23.2 Å². The molecule has 0 bridgehead atoms. The highest BCUT2D eigenvalue weighted by atomic mass is 35.5. The van der Waals surface area contributed by atoms with E-state index in [0.29, 0.717) is 27.4 Å². The normalized spacial score (nSPS) is 15.4. The van der Waals surface area contributed by atoms with E-state index < -0.39 is 0 Å². The highest BCUT2D eigenvalue weighted by molar-refractivity contribution is 6.42. The topological polar surface area (TPSA) is 66.0 Å². The highest BCUT2D eigenvalue weighted by Gasteiger charge is 2.30. The minimum Gasteiger partial charge on any atom is -0.496 e. The van der Waals surface area contributed by atoms with Crippen LogP contribution in [0.5, 0.6) is 5.75 Å². The standard InChI is InChI=1S/C22H18Cl2N4O2/c1-12-25-11-20(30-12)16-5-3-14(10-19(16)29-2)21-26-27-22-15(7-8-28(21)22)13-4-6-17(23)18(24)9-13/h3-6,9-11,15H,7-8H2,1-2H3. The second-order valence-corrected chi connectivity index (χ2v) is 8.02. The summed E-state index contributed by atoms with van der Waals surface area (Å²) in [4.78, 5) is 4.17. The lowest BCUT2D eigenvalue weighted by Crippen LogP contribution is -1.99. The highest BCUT2D eigenvalue weighted by Crippen LogP contribution is 2.39. The minimum atomic E-state index is 0.138. The Labute approximate surface area is 183 Å². The zero-order valence-electron chi connectivity index (χ0n) is 16.4. The van der Waals surface area contributed by atoms with Crippen molar-refractivity contribution in [2.45, 2.75) is 25.8 Å². The molecule has 2 aromatic carbocycles. The van der Waals surface area contributed by atoms with Gasteiger partial charge in [0.25, 0.3) is 0 Å². The average molecular weight is 441 g/mol. The fourth-order valence-electron chi connectivity index (χ4n) is 3.96. The molecule has 30 heavy (non-hydrogen) atoms. The Bertz CT molecular complexity index is 1250. The van der Waals surface area contributed by atoms with Crippen LogP contribution in [-0.2, 0) is 6.54 Å². The summed E-state index contributed by atoms with van der Waals surface area (Å²) in [5.41, 5.74) is 2.87. The first-order valence-electron chi connectivity index (χ1n) is 9.54. The summed E-state index contributed by atoms with van der Waals surface area (Å²) in [6.07, 6.45) is 2.63. The van der Waals surface area contributed by atoms with Crippen molar-refractivity contribution in [2.75, 3.05) is 7.11 Å². The number of rotatable bonds is 4. The molecule has 2 aromatic heterocycles. The molecular weight excluding hydrogens is 423 g/mol. The van der Waals surface area contributed by atoms with Gasteiger partial charge in [-0.1, -0.05) is 35.3 Å². The molecule has 1 atom stereocenters. The SMILES string of the molecule is COc1cc(-c2nnc3n2CCC3c2ccc(Cl)c(Cl)c2)ccc1-c1cnc(C)o1. The lowest BCUT2D eigenvalue weighted by Gasteiger charge is -2.09. The molecule has 5 rings (SSSR count). The van der Waals surface area contributed by atoms with Gasteiger partial charge in [-0.2, -0.15) is 0 Å². The largest absolute Gasteiger partial charge is 0.496 e. The van der Waals surface area contributed by atoms with E-state index in [1.54, 1.807) is 13.3 Å². The Morgan fingerprint density at radius 2 is 1.97 bits per heavy atom. The molecule has 0 amide bonds. The van der Waals surface area contributed by atoms with Crippen molar-refractivity contribution in [2.24, 2.45) is 0 Å². The third-order valence-corrected chi connectivity index (χ3v) is 6.16. The molecule has 0 N–H and O–H groups in total. The first-order chi connectivity index (χ1) is 14.5. The van der Waals surface area contributed by atoms with E-state index >= 15 is 0 Å². The number of oxazole rings is 1. The van der Waals surface area contributed by atoms with Crippen LogP contribution in [0.4, 0.5) is 0 Å². The van der Waals surface area contributed by atoms with Crippen LogP contribution >= 0.6 is 23.2 Å². The summed E-state index contributed by atoms with van der Waals surface area (Å²) in [6.45, 7) is 2.64. The van der Waals surface area contributed by atoms with Crippen LogP contribution < -0.4 is 4.74 Å². The maximum atomic E-state index is 6.22. The van der Waals surface area contributed by atoms with Gasteiger partial charge in [0.15, 0.2) is 17.5 Å². The second kappa shape index (κ2) is 7.45. The minimum absolute atomic E-state index is 0.138.